The molecule has 2 amide bonds. The third-order valence-corrected chi connectivity index (χ3v) is 11.5. The molecule has 7 atom stereocenters. The summed E-state index contributed by atoms with van der Waals surface area (Å²) in [5, 5.41) is 15.6. The maximum Gasteiger partial charge on any atom is 0.225 e. The lowest BCUT2D eigenvalue weighted by Crippen LogP contribution is -2.54. The van der Waals surface area contributed by atoms with Gasteiger partial charge in [-0.05, 0) is 76.0 Å². The third-order valence-electron chi connectivity index (χ3n) is 9.97. The van der Waals surface area contributed by atoms with Crippen LogP contribution in [0.15, 0.2) is 0 Å². The highest BCUT2D eigenvalue weighted by atomic mass is 32.2. The molecule has 0 heterocycles. The number of terminal acetylenes is 1. The number of sulfonamides is 1. The number of hydrazine groups is 1. The fourth-order valence-electron chi connectivity index (χ4n) is 7.84. The maximum atomic E-state index is 14.3. The van der Waals surface area contributed by atoms with Crippen molar-refractivity contribution in [3.05, 3.63) is 0 Å². The Morgan fingerprint density at radius 2 is 1.54 bits per heavy atom. The van der Waals surface area contributed by atoms with E-state index in [2.05, 4.69) is 16.1 Å². The first-order valence-electron chi connectivity index (χ1n) is 17.6. The molecule has 264 valence electrons. The second kappa shape index (κ2) is 18.7. The number of hydrogen-bond donors (Lipinski definition) is 3. The number of halogens is 2. The zero-order valence-electron chi connectivity index (χ0n) is 28.1. The first kappa shape index (κ1) is 38.6. The van der Waals surface area contributed by atoms with E-state index in [0.717, 1.165) is 44.9 Å². The average Bonchev–Trinajstić information content (AvgIpc) is 2.99. The van der Waals surface area contributed by atoms with Crippen LogP contribution in [0.1, 0.15) is 104 Å². The van der Waals surface area contributed by atoms with Crippen molar-refractivity contribution in [1.29, 1.82) is 0 Å². The molecular formula is C34H58F2N4O5S. The van der Waals surface area contributed by atoms with Gasteiger partial charge in [-0.25, -0.2) is 22.2 Å². The van der Waals surface area contributed by atoms with Gasteiger partial charge >= 0.3 is 0 Å². The Bertz CT molecular complexity index is 1100. The van der Waals surface area contributed by atoms with Gasteiger partial charge in [0.2, 0.25) is 21.8 Å². The van der Waals surface area contributed by atoms with E-state index in [1.54, 1.807) is 0 Å². The molecule has 3 fully saturated rings. The molecule has 3 saturated carbocycles. The van der Waals surface area contributed by atoms with Crippen molar-refractivity contribution < 1.29 is 31.9 Å². The monoisotopic (exact) mass is 672 g/mol. The lowest BCUT2D eigenvalue weighted by molar-refractivity contribution is -0.139. The molecule has 46 heavy (non-hydrogen) atoms. The second-order valence-electron chi connectivity index (χ2n) is 14.2. The number of aliphatic hydroxyl groups excluding tert-OH is 1. The number of amides is 2. The van der Waals surface area contributed by atoms with Crippen molar-refractivity contribution in [2.24, 2.45) is 29.6 Å². The van der Waals surface area contributed by atoms with Crippen LogP contribution in [0.25, 0.3) is 0 Å². The van der Waals surface area contributed by atoms with Crippen molar-refractivity contribution in [2.75, 3.05) is 32.4 Å². The normalized spacial score (nSPS) is 29.1. The molecule has 0 saturated heterocycles. The summed E-state index contributed by atoms with van der Waals surface area (Å²) in [6.07, 6.45) is 10.0. The SMILES string of the molecule is C#CC1CC(C(=O)NC(CC2CC(F)CC(F)C2)C(O)CN(C)NS(=O)(=O)CC2CCCCC2)CC(C(=O)N(CCC)CCC)C1. The van der Waals surface area contributed by atoms with Gasteiger partial charge in [0.1, 0.15) is 12.3 Å². The minimum absolute atomic E-state index is 0.00495. The van der Waals surface area contributed by atoms with Crippen molar-refractivity contribution >= 4 is 21.8 Å². The van der Waals surface area contributed by atoms with E-state index in [1.807, 2.05) is 18.7 Å². The predicted molar refractivity (Wildman–Crippen MR) is 176 cm³/mol. The van der Waals surface area contributed by atoms with Crippen LogP contribution in [0.4, 0.5) is 8.78 Å². The Hall–Kier alpha value is -1.81. The Morgan fingerprint density at radius 1 is 0.935 bits per heavy atom. The molecule has 3 N–H and O–H groups in total. The van der Waals surface area contributed by atoms with Crippen LogP contribution in [0, 0.1) is 41.9 Å². The number of alkyl halides is 2. The van der Waals surface area contributed by atoms with E-state index >= 15 is 0 Å². The molecule has 0 aromatic carbocycles. The molecule has 3 aliphatic carbocycles. The molecule has 0 bridgehead atoms. The molecule has 0 spiro atoms. The second-order valence-corrected chi connectivity index (χ2v) is 16.0. The van der Waals surface area contributed by atoms with Gasteiger partial charge in [-0.15, -0.1) is 17.2 Å². The number of aliphatic hydroxyl groups is 1. The number of likely N-dealkylation sites (N-methyl/N-ethyl adjacent to an activating group) is 1. The summed E-state index contributed by atoms with van der Waals surface area (Å²) in [5.41, 5.74) is 0. The Labute approximate surface area is 276 Å². The van der Waals surface area contributed by atoms with Crippen LogP contribution < -0.4 is 10.1 Å². The van der Waals surface area contributed by atoms with Gasteiger partial charge in [-0.2, -0.15) is 0 Å². The maximum absolute atomic E-state index is 14.3. The third kappa shape index (κ3) is 12.3. The molecule has 0 radical (unpaired) electrons. The first-order chi connectivity index (χ1) is 21.8. The highest BCUT2D eigenvalue weighted by molar-refractivity contribution is 7.89. The van der Waals surface area contributed by atoms with Crippen molar-refractivity contribution in [2.45, 2.75) is 128 Å². The minimum Gasteiger partial charge on any atom is -0.390 e. The average molecular weight is 673 g/mol. The van der Waals surface area contributed by atoms with E-state index < -0.39 is 52.3 Å². The summed E-state index contributed by atoms with van der Waals surface area (Å²) in [4.78, 5) is 31.6. The van der Waals surface area contributed by atoms with Gasteiger partial charge in [0.15, 0.2) is 0 Å². The Balaban J connectivity index is 1.71. The van der Waals surface area contributed by atoms with Crippen LogP contribution in [0.5, 0.6) is 0 Å². The molecule has 3 aliphatic rings. The van der Waals surface area contributed by atoms with Gasteiger partial charge < -0.3 is 15.3 Å². The first-order valence-corrected chi connectivity index (χ1v) is 19.2. The van der Waals surface area contributed by atoms with Crippen LogP contribution in [-0.4, -0.2) is 92.2 Å². The van der Waals surface area contributed by atoms with Crippen LogP contribution in [0.3, 0.4) is 0 Å². The number of nitrogens with zero attached hydrogens (tertiary/aromatic N) is 2. The van der Waals surface area contributed by atoms with Gasteiger partial charge in [0.25, 0.3) is 0 Å². The largest absolute Gasteiger partial charge is 0.390 e. The van der Waals surface area contributed by atoms with Gasteiger partial charge in [0.05, 0.1) is 17.9 Å². The zero-order valence-corrected chi connectivity index (χ0v) is 29.0. The lowest BCUT2D eigenvalue weighted by atomic mass is 9.74. The number of hydrogen-bond acceptors (Lipinski definition) is 6. The number of carbonyl (C=O) groups is 2. The molecule has 7 unspecified atom stereocenters. The van der Waals surface area contributed by atoms with E-state index in [1.165, 1.54) is 12.1 Å². The minimum atomic E-state index is -3.65. The molecule has 12 heteroatoms. The van der Waals surface area contributed by atoms with Crippen LogP contribution >= 0.6 is 0 Å². The topological polar surface area (TPSA) is 119 Å². The van der Waals surface area contributed by atoms with Gasteiger partial charge in [-0.1, -0.05) is 33.1 Å². The fraction of sp³-hybridized carbons (Fsp3) is 0.882. The van der Waals surface area contributed by atoms with Crippen LogP contribution in [-0.2, 0) is 19.6 Å². The van der Waals surface area contributed by atoms with Gasteiger partial charge in [0, 0.05) is 50.9 Å². The summed E-state index contributed by atoms with van der Waals surface area (Å²) >= 11 is 0. The highest BCUT2D eigenvalue weighted by Gasteiger charge is 2.39. The molecule has 3 rings (SSSR count). The van der Waals surface area contributed by atoms with E-state index in [0.29, 0.717) is 32.4 Å². The highest BCUT2D eigenvalue weighted by Crippen LogP contribution is 2.36. The summed E-state index contributed by atoms with van der Waals surface area (Å²) in [5.74, 6) is 0.891. The summed E-state index contributed by atoms with van der Waals surface area (Å²) < 4.78 is 54.4. The smallest absolute Gasteiger partial charge is 0.225 e. The predicted octanol–water partition coefficient (Wildman–Crippen LogP) is 4.36. The van der Waals surface area contributed by atoms with Crippen molar-refractivity contribution in [3.8, 4) is 12.3 Å². The van der Waals surface area contributed by atoms with Crippen LogP contribution in [0.2, 0.25) is 0 Å². The van der Waals surface area contributed by atoms with E-state index in [9.17, 15) is 31.9 Å². The van der Waals surface area contributed by atoms with Crippen molar-refractivity contribution in [1.82, 2.24) is 20.1 Å². The number of nitrogens with one attached hydrogen (secondary N) is 2. The summed E-state index contributed by atoms with van der Waals surface area (Å²) in [6, 6.07) is -0.877. The molecule has 9 nitrogen and oxygen atoms in total. The quantitative estimate of drug-likeness (QED) is 0.166. The number of rotatable bonds is 16. The fourth-order valence-corrected chi connectivity index (χ4v) is 9.42. The van der Waals surface area contributed by atoms with E-state index in [-0.39, 0.29) is 61.6 Å². The molecule has 0 aliphatic heterocycles. The Kier molecular flexibility index (Phi) is 15.7. The number of carbonyl (C=O) groups excluding carboxylic acids is 2. The van der Waals surface area contributed by atoms with E-state index in [4.69, 9.17) is 6.42 Å². The standard InChI is InChI=1S/C34H58F2N4O5S/c1-5-13-40(14-6-2)34(43)28-16-24(7-3)15-27(20-28)33(42)37-31(19-26-17-29(35)21-30(36)18-26)32(41)22-39(4)38-46(44,45)23-25-11-9-8-10-12-25/h3,24-32,38,41H,5-6,8-23H2,1-2,4H3,(H,37,42). The molecule has 0 aromatic heterocycles. The zero-order chi connectivity index (χ0) is 33.9. The molecular weight excluding hydrogens is 614 g/mol. The van der Waals surface area contributed by atoms with Crippen molar-refractivity contribution in [3.63, 3.8) is 0 Å². The lowest BCUT2D eigenvalue weighted by Gasteiger charge is -2.37. The summed E-state index contributed by atoms with van der Waals surface area (Å²) in [7, 11) is -2.13. The summed E-state index contributed by atoms with van der Waals surface area (Å²) in [6.45, 7) is 5.18. The van der Waals surface area contributed by atoms with Gasteiger partial charge in [-0.3, -0.25) is 9.59 Å². The Morgan fingerprint density at radius 3 is 2.13 bits per heavy atom. The molecule has 0 aromatic rings.